The van der Waals surface area contributed by atoms with Crippen molar-refractivity contribution in [2.45, 2.75) is 52.4 Å². The molecule has 0 saturated carbocycles. The lowest BCUT2D eigenvalue weighted by atomic mass is 9.91. The van der Waals surface area contributed by atoms with Crippen LogP contribution in [0.25, 0.3) is 0 Å². The van der Waals surface area contributed by atoms with Gasteiger partial charge in [0, 0.05) is 7.05 Å². The van der Waals surface area contributed by atoms with Gasteiger partial charge in [-0.2, -0.15) is 5.10 Å². The van der Waals surface area contributed by atoms with E-state index in [0.29, 0.717) is 17.0 Å². The van der Waals surface area contributed by atoms with E-state index in [1.807, 2.05) is 0 Å². The molecule has 0 aliphatic carbocycles. The molecular formula is C13H24N2O2S. The molecule has 0 saturated heterocycles. The predicted octanol–water partition coefficient (Wildman–Crippen LogP) is 2.64. The second kappa shape index (κ2) is 5.03. The molecule has 0 amide bonds. The number of nitrogens with zero attached hydrogens (tertiary/aromatic N) is 2. The monoisotopic (exact) mass is 272 g/mol. The van der Waals surface area contributed by atoms with Crippen molar-refractivity contribution in [2.24, 2.45) is 12.5 Å². The van der Waals surface area contributed by atoms with Crippen LogP contribution >= 0.6 is 0 Å². The van der Waals surface area contributed by atoms with E-state index in [9.17, 15) is 8.42 Å². The van der Waals surface area contributed by atoms with E-state index in [0.717, 1.165) is 12.1 Å². The van der Waals surface area contributed by atoms with E-state index in [-0.39, 0.29) is 11.2 Å². The Bertz CT molecular complexity index is 522. The van der Waals surface area contributed by atoms with Gasteiger partial charge in [-0.05, 0) is 32.1 Å². The van der Waals surface area contributed by atoms with Crippen molar-refractivity contribution < 1.29 is 8.42 Å². The van der Waals surface area contributed by atoms with Crippen molar-refractivity contribution >= 4 is 9.84 Å². The van der Waals surface area contributed by atoms with Gasteiger partial charge in [0.05, 0.1) is 17.1 Å². The smallest absolute Gasteiger partial charge is 0.182 e. The lowest BCUT2D eigenvalue weighted by Gasteiger charge is -2.17. The zero-order chi connectivity index (χ0) is 14.1. The first kappa shape index (κ1) is 15.2. The Hall–Kier alpha value is -0.840. The third-order valence-corrected chi connectivity index (χ3v) is 5.13. The molecule has 1 heterocycles. The first-order valence-electron chi connectivity index (χ1n) is 6.27. The fourth-order valence-electron chi connectivity index (χ4n) is 2.10. The Kier molecular flexibility index (Phi) is 4.26. The lowest BCUT2D eigenvalue weighted by molar-refractivity contribution is 0.373. The van der Waals surface area contributed by atoms with Gasteiger partial charge in [-0.1, -0.05) is 20.8 Å². The van der Waals surface area contributed by atoms with Gasteiger partial charge in [-0.3, -0.25) is 4.68 Å². The first-order valence-corrected chi connectivity index (χ1v) is 7.93. The minimum absolute atomic E-state index is 0.175. The van der Waals surface area contributed by atoms with Gasteiger partial charge in [0.25, 0.3) is 0 Å². The van der Waals surface area contributed by atoms with Crippen molar-refractivity contribution in [2.75, 3.05) is 5.75 Å². The van der Waals surface area contributed by atoms with E-state index in [2.05, 4.69) is 25.9 Å². The zero-order valence-corrected chi connectivity index (χ0v) is 13.1. The van der Waals surface area contributed by atoms with E-state index in [1.165, 1.54) is 0 Å². The van der Waals surface area contributed by atoms with Crippen molar-refractivity contribution in [3.05, 3.63) is 11.4 Å². The summed E-state index contributed by atoms with van der Waals surface area (Å²) in [7, 11) is -1.43. The standard InChI is InChI=1S/C13H24N2O2S/c1-10-12(11(2)15(6)14-10)18(16,17)9-7-8-13(3,4)5/h7-9H2,1-6H3. The molecule has 0 aliphatic rings. The topological polar surface area (TPSA) is 52.0 Å². The lowest BCUT2D eigenvalue weighted by Crippen LogP contribution is -2.12. The van der Waals surface area contributed by atoms with Gasteiger partial charge in [-0.15, -0.1) is 0 Å². The van der Waals surface area contributed by atoms with Crippen LogP contribution in [0.15, 0.2) is 4.90 Å². The molecule has 0 spiro atoms. The van der Waals surface area contributed by atoms with Crippen LogP contribution in [0, 0.1) is 19.3 Å². The average molecular weight is 272 g/mol. The van der Waals surface area contributed by atoms with Crippen LogP contribution in [0.3, 0.4) is 0 Å². The number of aromatic nitrogens is 2. The summed E-state index contributed by atoms with van der Waals surface area (Å²) in [4.78, 5) is 0.416. The third-order valence-electron chi connectivity index (χ3n) is 3.09. The highest BCUT2D eigenvalue weighted by Crippen LogP contribution is 2.24. The van der Waals surface area contributed by atoms with Crippen molar-refractivity contribution in [1.29, 1.82) is 0 Å². The molecule has 1 aromatic rings. The highest BCUT2D eigenvalue weighted by atomic mass is 32.2. The molecule has 1 aromatic heterocycles. The Morgan fingerprint density at radius 3 is 2.17 bits per heavy atom. The summed E-state index contributed by atoms with van der Waals surface area (Å²) in [6, 6.07) is 0. The van der Waals surface area contributed by atoms with Gasteiger partial charge in [0.2, 0.25) is 0 Å². The van der Waals surface area contributed by atoms with Gasteiger partial charge < -0.3 is 0 Å². The van der Waals surface area contributed by atoms with E-state index >= 15 is 0 Å². The van der Waals surface area contributed by atoms with Crippen molar-refractivity contribution in [3.8, 4) is 0 Å². The Morgan fingerprint density at radius 1 is 1.22 bits per heavy atom. The summed E-state index contributed by atoms with van der Waals surface area (Å²) in [5, 5.41) is 4.17. The molecule has 0 unspecified atom stereocenters. The van der Waals surface area contributed by atoms with Gasteiger partial charge in [0.1, 0.15) is 4.90 Å². The molecule has 18 heavy (non-hydrogen) atoms. The van der Waals surface area contributed by atoms with Gasteiger partial charge >= 0.3 is 0 Å². The van der Waals surface area contributed by atoms with E-state index < -0.39 is 9.84 Å². The summed E-state index contributed by atoms with van der Waals surface area (Å²) in [5.74, 6) is 0.206. The summed E-state index contributed by atoms with van der Waals surface area (Å²) < 4.78 is 26.3. The highest BCUT2D eigenvalue weighted by Gasteiger charge is 2.24. The van der Waals surface area contributed by atoms with Crippen LogP contribution in [0.2, 0.25) is 0 Å². The normalized spacial score (nSPS) is 13.0. The van der Waals surface area contributed by atoms with Crippen LogP contribution in [0.1, 0.15) is 45.0 Å². The second-order valence-electron chi connectivity index (χ2n) is 6.11. The number of hydrogen-bond acceptors (Lipinski definition) is 3. The second-order valence-corrected chi connectivity index (χ2v) is 8.15. The molecule has 0 radical (unpaired) electrons. The number of sulfone groups is 1. The number of rotatable bonds is 4. The molecule has 0 fully saturated rings. The molecule has 0 aliphatic heterocycles. The molecule has 0 aromatic carbocycles. The van der Waals surface area contributed by atoms with Crippen molar-refractivity contribution in [3.63, 3.8) is 0 Å². The SMILES string of the molecule is Cc1nn(C)c(C)c1S(=O)(=O)CCCC(C)(C)C. The maximum absolute atomic E-state index is 12.3. The van der Waals surface area contributed by atoms with Crippen LogP contribution in [0.4, 0.5) is 0 Å². The van der Waals surface area contributed by atoms with Crippen molar-refractivity contribution in [1.82, 2.24) is 9.78 Å². The molecule has 104 valence electrons. The minimum Gasteiger partial charge on any atom is -0.271 e. The Labute approximate surface area is 110 Å². The highest BCUT2D eigenvalue weighted by molar-refractivity contribution is 7.91. The summed E-state index contributed by atoms with van der Waals surface area (Å²) in [6.45, 7) is 9.93. The summed E-state index contributed by atoms with van der Waals surface area (Å²) >= 11 is 0. The van der Waals surface area contributed by atoms with Gasteiger partial charge in [0.15, 0.2) is 9.84 Å². The Balaban J connectivity index is 2.88. The minimum atomic E-state index is -3.21. The average Bonchev–Trinajstić information content (AvgIpc) is 2.38. The van der Waals surface area contributed by atoms with Crippen LogP contribution in [-0.2, 0) is 16.9 Å². The molecule has 0 atom stereocenters. The number of aryl methyl sites for hydroxylation is 2. The molecule has 1 rings (SSSR count). The quantitative estimate of drug-likeness (QED) is 0.846. The maximum Gasteiger partial charge on any atom is 0.182 e. The molecule has 0 bridgehead atoms. The fraction of sp³-hybridized carbons (Fsp3) is 0.769. The summed E-state index contributed by atoms with van der Waals surface area (Å²) in [5.41, 5.74) is 1.50. The van der Waals surface area contributed by atoms with Gasteiger partial charge in [-0.25, -0.2) is 8.42 Å². The van der Waals surface area contributed by atoms with E-state index in [1.54, 1.807) is 25.6 Å². The molecule has 4 nitrogen and oxygen atoms in total. The van der Waals surface area contributed by atoms with Crippen LogP contribution in [-0.4, -0.2) is 24.0 Å². The largest absolute Gasteiger partial charge is 0.271 e. The molecular weight excluding hydrogens is 248 g/mol. The molecule has 5 heteroatoms. The first-order chi connectivity index (χ1) is 8.04. The number of hydrogen-bond donors (Lipinski definition) is 0. The van der Waals surface area contributed by atoms with E-state index in [4.69, 9.17) is 0 Å². The summed E-state index contributed by atoms with van der Waals surface area (Å²) in [6.07, 6.45) is 1.60. The Morgan fingerprint density at radius 2 is 1.78 bits per heavy atom. The molecule has 0 N–H and O–H groups in total. The predicted molar refractivity (Wildman–Crippen MR) is 73.4 cm³/mol. The zero-order valence-electron chi connectivity index (χ0n) is 12.2. The van der Waals surface area contributed by atoms with Crippen LogP contribution < -0.4 is 0 Å². The fourth-order valence-corrected chi connectivity index (χ4v) is 3.90. The maximum atomic E-state index is 12.3. The van der Waals surface area contributed by atoms with Crippen LogP contribution in [0.5, 0.6) is 0 Å². The third kappa shape index (κ3) is 3.57.